The van der Waals surface area contributed by atoms with Crippen molar-refractivity contribution < 1.29 is 4.79 Å². The van der Waals surface area contributed by atoms with Crippen LogP contribution in [0, 0.1) is 0 Å². The quantitative estimate of drug-likeness (QED) is 0.618. The number of rotatable bonds is 6. The lowest BCUT2D eigenvalue weighted by molar-refractivity contribution is -0.118. The molecule has 0 saturated carbocycles. The van der Waals surface area contributed by atoms with E-state index in [-0.39, 0.29) is 11.8 Å². The van der Waals surface area contributed by atoms with Gasteiger partial charge in [0, 0.05) is 0 Å². The van der Waals surface area contributed by atoms with Crippen molar-refractivity contribution in [1.29, 1.82) is 0 Å². The van der Waals surface area contributed by atoms with Crippen LogP contribution in [0.3, 0.4) is 0 Å². The number of nitrogens with two attached hydrogens (primary N) is 1. The number of ketones is 1. The molecule has 0 aliphatic rings. The second kappa shape index (κ2) is 11.6. The molecule has 0 spiro atoms. The normalized spacial score (nSPS) is 11.5. The van der Waals surface area contributed by atoms with E-state index in [1.165, 1.54) is 0 Å². The van der Waals surface area contributed by atoms with Gasteiger partial charge in [0.1, 0.15) is 5.78 Å². The van der Waals surface area contributed by atoms with Crippen LogP contribution < -0.4 is 11.1 Å². The van der Waals surface area contributed by atoms with Crippen LogP contribution in [0.1, 0.15) is 40.0 Å². The van der Waals surface area contributed by atoms with Crippen molar-refractivity contribution in [3.05, 3.63) is 0 Å². The van der Waals surface area contributed by atoms with Crippen molar-refractivity contribution in [2.75, 3.05) is 13.6 Å². The zero-order chi connectivity index (χ0) is 10.7. The van der Waals surface area contributed by atoms with Crippen LogP contribution in [0.4, 0.5) is 0 Å². The van der Waals surface area contributed by atoms with Gasteiger partial charge in [0.2, 0.25) is 0 Å². The zero-order valence-corrected chi connectivity index (χ0v) is 9.39. The Morgan fingerprint density at radius 2 is 1.92 bits per heavy atom. The molecule has 3 heteroatoms. The number of nitrogens with one attached hydrogen (secondary N) is 1. The summed E-state index contributed by atoms with van der Waals surface area (Å²) in [6.07, 6.45) is 2.94. The van der Waals surface area contributed by atoms with E-state index in [9.17, 15) is 4.79 Å². The minimum Gasteiger partial charge on any atom is -0.322 e. The summed E-state index contributed by atoms with van der Waals surface area (Å²) in [6, 6.07) is -0.244. The van der Waals surface area contributed by atoms with Crippen molar-refractivity contribution in [2.45, 2.75) is 46.1 Å². The zero-order valence-electron chi connectivity index (χ0n) is 9.39. The smallest absolute Gasteiger partial charge is 0.146 e. The summed E-state index contributed by atoms with van der Waals surface area (Å²) >= 11 is 0. The van der Waals surface area contributed by atoms with Gasteiger partial charge in [-0.3, -0.25) is 4.79 Å². The van der Waals surface area contributed by atoms with Gasteiger partial charge in [-0.2, -0.15) is 0 Å². The van der Waals surface area contributed by atoms with E-state index in [0.29, 0.717) is 0 Å². The Morgan fingerprint density at radius 1 is 1.38 bits per heavy atom. The van der Waals surface area contributed by atoms with Gasteiger partial charge in [-0.05, 0) is 33.4 Å². The third kappa shape index (κ3) is 11.6. The molecule has 0 heterocycles. The first-order chi connectivity index (χ1) is 6.18. The molecule has 80 valence electrons. The van der Waals surface area contributed by atoms with Crippen molar-refractivity contribution in [1.82, 2.24) is 5.32 Å². The van der Waals surface area contributed by atoms with E-state index in [2.05, 4.69) is 5.32 Å². The molecular formula is C10H24N2O. The van der Waals surface area contributed by atoms with Gasteiger partial charge < -0.3 is 11.1 Å². The van der Waals surface area contributed by atoms with Crippen molar-refractivity contribution in [2.24, 2.45) is 5.73 Å². The molecular weight excluding hydrogens is 164 g/mol. The Hall–Kier alpha value is -0.410. The third-order valence-electron chi connectivity index (χ3n) is 1.71. The molecule has 3 nitrogen and oxygen atoms in total. The van der Waals surface area contributed by atoms with Crippen LogP contribution in [0.15, 0.2) is 0 Å². The molecule has 0 aliphatic carbocycles. The summed E-state index contributed by atoms with van der Waals surface area (Å²) in [6.45, 7) is 6.55. The van der Waals surface area contributed by atoms with Gasteiger partial charge in [-0.25, -0.2) is 0 Å². The Labute approximate surface area is 82.1 Å². The highest BCUT2D eigenvalue weighted by atomic mass is 16.1. The predicted octanol–water partition coefficient (Wildman–Crippen LogP) is 1.32. The van der Waals surface area contributed by atoms with Crippen molar-refractivity contribution in [3.63, 3.8) is 0 Å². The molecule has 0 amide bonds. The van der Waals surface area contributed by atoms with Crippen LogP contribution in [0.2, 0.25) is 0 Å². The minimum atomic E-state index is -0.244. The molecule has 13 heavy (non-hydrogen) atoms. The molecule has 0 aliphatic heterocycles. The van der Waals surface area contributed by atoms with Gasteiger partial charge >= 0.3 is 0 Å². The standard InChI is InChI=1S/C8H18N2O.C2H6/c1-7(11)8(9)5-3-4-6-10-2;1-2/h8,10H,3-6,9H2,1-2H3;1-2H3. The van der Waals surface area contributed by atoms with Crippen molar-refractivity contribution in [3.8, 4) is 0 Å². The van der Waals surface area contributed by atoms with Crippen LogP contribution in [0.5, 0.6) is 0 Å². The Bertz CT molecular complexity index is 115. The summed E-state index contributed by atoms with van der Waals surface area (Å²) in [5.41, 5.74) is 5.53. The Balaban J connectivity index is 0. The number of unbranched alkanes of at least 4 members (excludes halogenated alkanes) is 1. The first kappa shape index (κ1) is 15.1. The monoisotopic (exact) mass is 188 g/mol. The highest BCUT2D eigenvalue weighted by Crippen LogP contribution is 1.98. The fraction of sp³-hybridized carbons (Fsp3) is 0.900. The molecule has 0 saturated heterocycles. The SMILES string of the molecule is CC.CNCCCCC(N)C(C)=O. The maximum Gasteiger partial charge on any atom is 0.146 e. The summed E-state index contributed by atoms with van der Waals surface area (Å²) in [7, 11) is 1.92. The molecule has 3 N–H and O–H groups in total. The molecule has 0 aromatic carbocycles. The van der Waals surface area contributed by atoms with E-state index in [1.54, 1.807) is 6.92 Å². The predicted molar refractivity (Wildman–Crippen MR) is 57.8 cm³/mol. The Morgan fingerprint density at radius 3 is 2.31 bits per heavy atom. The van der Waals surface area contributed by atoms with E-state index in [4.69, 9.17) is 5.73 Å². The summed E-state index contributed by atoms with van der Waals surface area (Å²) in [5.74, 6) is 0.0921. The molecule has 1 atom stereocenters. The lowest BCUT2D eigenvalue weighted by Crippen LogP contribution is -2.28. The van der Waals surface area contributed by atoms with Gasteiger partial charge in [0.25, 0.3) is 0 Å². The Kier molecular flexibility index (Phi) is 13.4. The van der Waals surface area contributed by atoms with Crippen molar-refractivity contribution >= 4 is 5.78 Å². The highest BCUT2D eigenvalue weighted by molar-refractivity contribution is 5.80. The molecule has 0 aromatic rings. The van der Waals surface area contributed by atoms with Gasteiger partial charge in [-0.1, -0.05) is 20.3 Å². The average molecular weight is 188 g/mol. The van der Waals surface area contributed by atoms with Gasteiger partial charge in [0.05, 0.1) is 6.04 Å². The molecule has 0 radical (unpaired) electrons. The van der Waals surface area contributed by atoms with E-state index in [1.807, 2.05) is 20.9 Å². The van der Waals surface area contributed by atoms with Crippen LogP contribution in [0.25, 0.3) is 0 Å². The maximum atomic E-state index is 10.7. The number of hydrogen-bond acceptors (Lipinski definition) is 3. The van der Waals surface area contributed by atoms with Gasteiger partial charge in [0.15, 0.2) is 0 Å². The number of hydrogen-bond donors (Lipinski definition) is 2. The lowest BCUT2D eigenvalue weighted by Gasteiger charge is -2.06. The summed E-state index contributed by atoms with van der Waals surface area (Å²) in [4.78, 5) is 10.7. The number of carbonyl (C=O) groups excluding carboxylic acids is 1. The molecule has 0 bridgehead atoms. The van der Waals surface area contributed by atoms with Gasteiger partial charge in [-0.15, -0.1) is 0 Å². The highest BCUT2D eigenvalue weighted by Gasteiger charge is 2.05. The number of Topliss-reactive ketones (excluding diaryl/α,β-unsaturated/α-hetero) is 1. The van der Waals surface area contributed by atoms with E-state index >= 15 is 0 Å². The molecule has 0 aromatic heterocycles. The second-order valence-electron chi connectivity index (χ2n) is 2.82. The number of carbonyl (C=O) groups is 1. The van der Waals surface area contributed by atoms with Crippen LogP contribution in [-0.4, -0.2) is 25.4 Å². The largest absolute Gasteiger partial charge is 0.322 e. The topological polar surface area (TPSA) is 55.1 Å². The molecule has 0 rings (SSSR count). The van der Waals surface area contributed by atoms with Crippen LogP contribution >= 0.6 is 0 Å². The fourth-order valence-electron chi connectivity index (χ4n) is 0.869. The van der Waals surface area contributed by atoms with Crippen LogP contribution in [-0.2, 0) is 4.79 Å². The third-order valence-corrected chi connectivity index (χ3v) is 1.71. The van der Waals surface area contributed by atoms with E-state index in [0.717, 1.165) is 25.8 Å². The average Bonchev–Trinajstić information content (AvgIpc) is 2.15. The molecule has 0 fully saturated rings. The molecule has 1 unspecified atom stereocenters. The summed E-state index contributed by atoms with van der Waals surface area (Å²) in [5, 5.41) is 3.04. The maximum absolute atomic E-state index is 10.7. The summed E-state index contributed by atoms with van der Waals surface area (Å²) < 4.78 is 0. The second-order valence-corrected chi connectivity index (χ2v) is 2.82. The first-order valence-electron chi connectivity index (χ1n) is 5.09. The minimum absolute atomic E-state index is 0.0921. The lowest BCUT2D eigenvalue weighted by atomic mass is 10.1. The first-order valence-corrected chi connectivity index (χ1v) is 5.09. The fourth-order valence-corrected chi connectivity index (χ4v) is 0.869. The van der Waals surface area contributed by atoms with E-state index < -0.39 is 0 Å².